The van der Waals surface area contributed by atoms with Crippen LogP contribution in [0.2, 0.25) is 0 Å². The molecule has 0 amide bonds. The summed E-state index contributed by atoms with van der Waals surface area (Å²) in [6.45, 7) is 7.16. The van der Waals surface area contributed by atoms with Gasteiger partial charge in [0.2, 0.25) is 0 Å². The van der Waals surface area contributed by atoms with Gasteiger partial charge in [0.1, 0.15) is 0 Å². The van der Waals surface area contributed by atoms with E-state index in [0.717, 1.165) is 12.1 Å². The van der Waals surface area contributed by atoms with Gasteiger partial charge in [0.05, 0.1) is 11.2 Å². The average Bonchev–Trinajstić information content (AvgIpc) is 2.26. The summed E-state index contributed by atoms with van der Waals surface area (Å²) >= 11 is 0. The van der Waals surface area contributed by atoms with Crippen LogP contribution in [0.3, 0.4) is 0 Å². The maximum absolute atomic E-state index is 12.6. The van der Waals surface area contributed by atoms with Crippen LogP contribution >= 0.6 is 0 Å². The van der Waals surface area contributed by atoms with Gasteiger partial charge in [0, 0.05) is 0 Å². The van der Waals surface area contributed by atoms with Crippen LogP contribution in [0.25, 0.3) is 0 Å². The third kappa shape index (κ3) is 2.69. The van der Waals surface area contributed by atoms with Crippen LogP contribution in [0.4, 0.5) is 13.2 Å². The summed E-state index contributed by atoms with van der Waals surface area (Å²) in [5.74, 6) is -0.0575. The van der Waals surface area contributed by atoms with Gasteiger partial charge in [0.15, 0.2) is 0 Å². The van der Waals surface area contributed by atoms with Gasteiger partial charge >= 0.3 is 6.18 Å². The second-order valence-electron chi connectivity index (χ2n) is 4.96. The second kappa shape index (κ2) is 4.92. The monoisotopic (exact) mass is 260 g/mol. The lowest BCUT2D eigenvalue weighted by Gasteiger charge is -2.33. The molecule has 1 rings (SSSR count). The topological polar surface area (TPSA) is 20.2 Å². The first-order valence-corrected chi connectivity index (χ1v) is 6.03. The highest BCUT2D eigenvalue weighted by Gasteiger charge is 2.35. The van der Waals surface area contributed by atoms with Gasteiger partial charge in [0.25, 0.3) is 0 Å². The van der Waals surface area contributed by atoms with E-state index in [0.29, 0.717) is 17.5 Å². The number of hydrogen-bond donors (Lipinski definition) is 1. The first-order valence-electron chi connectivity index (χ1n) is 6.03. The summed E-state index contributed by atoms with van der Waals surface area (Å²) in [4.78, 5) is 0. The van der Waals surface area contributed by atoms with E-state index >= 15 is 0 Å². The highest BCUT2D eigenvalue weighted by molar-refractivity contribution is 5.36. The minimum absolute atomic E-state index is 0.0575. The lowest BCUT2D eigenvalue weighted by molar-refractivity contribution is -0.137. The van der Waals surface area contributed by atoms with Crippen LogP contribution in [0.15, 0.2) is 18.2 Å². The second-order valence-corrected chi connectivity index (χ2v) is 4.96. The molecular formula is C14H19F3O. The molecule has 0 heterocycles. The van der Waals surface area contributed by atoms with Crippen molar-refractivity contribution in [1.82, 2.24) is 0 Å². The zero-order valence-corrected chi connectivity index (χ0v) is 11.1. The summed E-state index contributed by atoms with van der Waals surface area (Å²) in [6.07, 6.45) is -3.87. The van der Waals surface area contributed by atoms with Crippen molar-refractivity contribution < 1.29 is 18.3 Å². The van der Waals surface area contributed by atoms with E-state index in [1.54, 1.807) is 6.92 Å². The van der Waals surface area contributed by atoms with Gasteiger partial charge < -0.3 is 5.11 Å². The Morgan fingerprint density at radius 1 is 1.22 bits per heavy atom. The average molecular weight is 260 g/mol. The number of aryl methyl sites for hydroxylation is 1. The fourth-order valence-electron chi connectivity index (χ4n) is 2.24. The third-order valence-electron chi connectivity index (χ3n) is 3.51. The van der Waals surface area contributed by atoms with Gasteiger partial charge in [-0.15, -0.1) is 0 Å². The largest absolute Gasteiger partial charge is 0.416 e. The summed E-state index contributed by atoms with van der Waals surface area (Å²) < 4.78 is 37.7. The van der Waals surface area contributed by atoms with Crippen LogP contribution in [0.5, 0.6) is 0 Å². The van der Waals surface area contributed by atoms with E-state index in [4.69, 9.17) is 0 Å². The molecule has 1 N–H and O–H groups in total. The molecule has 0 saturated heterocycles. The summed E-state index contributed by atoms with van der Waals surface area (Å²) in [6, 6.07) is 3.52. The van der Waals surface area contributed by atoms with Crippen molar-refractivity contribution in [3.8, 4) is 0 Å². The van der Waals surface area contributed by atoms with E-state index in [1.807, 2.05) is 20.8 Å². The Balaban J connectivity index is 3.29. The van der Waals surface area contributed by atoms with Crippen molar-refractivity contribution in [1.29, 1.82) is 0 Å². The molecule has 0 spiro atoms. The Labute approximate surface area is 106 Å². The first-order chi connectivity index (χ1) is 8.13. The van der Waals surface area contributed by atoms with Crippen LogP contribution in [0, 0.1) is 12.8 Å². The summed E-state index contributed by atoms with van der Waals surface area (Å²) in [7, 11) is 0. The standard InChI is InChI=1S/C14H19F3O/c1-5-13(18,9(2)3)12-7-6-11(8-10(12)4)14(15,16)17/h6-9,18H,5H2,1-4H3. The Morgan fingerprint density at radius 3 is 2.11 bits per heavy atom. The molecular weight excluding hydrogens is 241 g/mol. The zero-order chi connectivity index (χ0) is 14.1. The normalized spacial score (nSPS) is 15.8. The molecule has 18 heavy (non-hydrogen) atoms. The molecule has 0 saturated carbocycles. The van der Waals surface area contributed by atoms with Crippen molar-refractivity contribution >= 4 is 0 Å². The summed E-state index contributed by atoms with van der Waals surface area (Å²) in [5, 5.41) is 10.6. The van der Waals surface area contributed by atoms with Crippen LogP contribution in [0.1, 0.15) is 43.9 Å². The molecule has 4 heteroatoms. The molecule has 0 fully saturated rings. The number of alkyl halides is 3. The predicted molar refractivity (Wildman–Crippen MR) is 65.2 cm³/mol. The molecule has 0 aliphatic heterocycles. The molecule has 1 atom stereocenters. The molecule has 1 aromatic rings. The molecule has 0 aliphatic carbocycles. The van der Waals surface area contributed by atoms with Crippen LogP contribution < -0.4 is 0 Å². The fourth-order valence-corrected chi connectivity index (χ4v) is 2.24. The SMILES string of the molecule is CCC(O)(c1ccc(C(F)(F)F)cc1C)C(C)C. The highest BCUT2D eigenvalue weighted by Crippen LogP contribution is 2.37. The minimum atomic E-state index is -4.34. The number of rotatable bonds is 3. The maximum atomic E-state index is 12.6. The van der Waals surface area contributed by atoms with Crippen molar-refractivity contribution in [3.05, 3.63) is 34.9 Å². The lowest BCUT2D eigenvalue weighted by Crippen LogP contribution is -2.32. The molecule has 102 valence electrons. The van der Waals surface area contributed by atoms with E-state index in [9.17, 15) is 18.3 Å². The quantitative estimate of drug-likeness (QED) is 0.860. The van der Waals surface area contributed by atoms with Crippen molar-refractivity contribution in [3.63, 3.8) is 0 Å². The highest BCUT2D eigenvalue weighted by atomic mass is 19.4. The van der Waals surface area contributed by atoms with Gasteiger partial charge in [-0.1, -0.05) is 26.8 Å². The number of halogens is 3. The first kappa shape index (κ1) is 15.0. The van der Waals surface area contributed by atoms with E-state index in [2.05, 4.69) is 0 Å². The molecule has 1 aromatic carbocycles. The van der Waals surface area contributed by atoms with Gasteiger partial charge in [-0.25, -0.2) is 0 Å². The van der Waals surface area contributed by atoms with E-state index in [-0.39, 0.29) is 5.92 Å². The third-order valence-corrected chi connectivity index (χ3v) is 3.51. The number of benzene rings is 1. The van der Waals surface area contributed by atoms with Crippen LogP contribution in [-0.2, 0) is 11.8 Å². The maximum Gasteiger partial charge on any atom is 0.416 e. The lowest BCUT2D eigenvalue weighted by atomic mass is 9.79. The van der Waals surface area contributed by atoms with Crippen molar-refractivity contribution in [2.45, 2.75) is 45.9 Å². The zero-order valence-electron chi connectivity index (χ0n) is 11.1. The van der Waals surface area contributed by atoms with Gasteiger partial charge in [-0.05, 0) is 42.5 Å². The molecule has 1 unspecified atom stereocenters. The van der Waals surface area contributed by atoms with Crippen LogP contribution in [-0.4, -0.2) is 5.11 Å². The number of hydrogen-bond acceptors (Lipinski definition) is 1. The van der Waals surface area contributed by atoms with E-state index in [1.165, 1.54) is 6.07 Å². The Kier molecular flexibility index (Phi) is 4.11. The van der Waals surface area contributed by atoms with Gasteiger partial charge in [-0.2, -0.15) is 13.2 Å². The molecule has 0 radical (unpaired) electrons. The Morgan fingerprint density at radius 2 is 1.78 bits per heavy atom. The van der Waals surface area contributed by atoms with Crippen molar-refractivity contribution in [2.75, 3.05) is 0 Å². The van der Waals surface area contributed by atoms with Gasteiger partial charge in [-0.3, -0.25) is 0 Å². The predicted octanol–water partition coefficient (Wildman–Crippen LogP) is 4.27. The minimum Gasteiger partial charge on any atom is -0.385 e. The molecule has 1 nitrogen and oxygen atoms in total. The smallest absolute Gasteiger partial charge is 0.385 e. The Bertz CT molecular complexity index is 424. The Hall–Kier alpha value is -1.03. The summed E-state index contributed by atoms with van der Waals surface area (Å²) in [5.41, 5.74) is -0.698. The fraction of sp³-hybridized carbons (Fsp3) is 0.571. The van der Waals surface area contributed by atoms with E-state index < -0.39 is 17.3 Å². The molecule has 0 bridgehead atoms. The molecule has 0 aromatic heterocycles. The van der Waals surface area contributed by atoms with Crippen molar-refractivity contribution in [2.24, 2.45) is 5.92 Å². The molecule has 0 aliphatic rings. The number of aliphatic hydroxyl groups is 1.